The highest BCUT2D eigenvalue weighted by atomic mass is 28.4. The lowest BCUT2D eigenvalue weighted by Gasteiger charge is -2.71. The molecular weight excluding hydrogens is 536 g/mol. The van der Waals surface area contributed by atoms with Gasteiger partial charge >= 0.3 is 5.97 Å². The van der Waals surface area contributed by atoms with Crippen LogP contribution in [-0.2, 0) is 18.8 Å². The van der Waals surface area contributed by atoms with Crippen LogP contribution in [0.15, 0.2) is 11.6 Å². The van der Waals surface area contributed by atoms with E-state index in [4.69, 9.17) is 9.16 Å². The fourth-order valence-electron chi connectivity index (χ4n) is 11.6. The molecule has 0 saturated heterocycles. The number of aldehydes is 1. The molecule has 0 aromatic carbocycles. The Hall–Kier alpha value is -0.943. The third-order valence-corrected chi connectivity index (χ3v) is 20.2. The Balaban J connectivity index is 1.54. The molecule has 0 aromatic rings. The van der Waals surface area contributed by atoms with E-state index in [1.807, 2.05) is 0 Å². The van der Waals surface area contributed by atoms with Crippen molar-refractivity contribution in [3.63, 3.8) is 0 Å². The number of rotatable bonds is 4. The SMILES string of the molecule is COC(=O)[C@]12CC[C@@H](C)[C@H](C)[C@H]1C1=CC[C@@H]3[C@@]4(C)CC[C@@H](O[Si](C)(C)C(C)(C)C)[C@@](C)(C=O)[C@@H]4CC[C@@]3(C)[C@]1(C)CC2. The van der Waals surface area contributed by atoms with Crippen LogP contribution in [0.5, 0.6) is 0 Å². The van der Waals surface area contributed by atoms with E-state index in [9.17, 15) is 9.59 Å². The molecule has 42 heavy (non-hydrogen) atoms. The molecule has 238 valence electrons. The van der Waals surface area contributed by atoms with E-state index in [0.29, 0.717) is 23.7 Å². The molecular formula is C37H62O4Si. The van der Waals surface area contributed by atoms with E-state index in [2.05, 4.69) is 81.5 Å². The maximum atomic E-state index is 13.6. The van der Waals surface area contributed by atoms with Gasteiger partial charge in [0, 0.05) is 0 Å². The number of fused-ring (bicyclic) bond motifs is 7. The zero-order chi connectivity index (χ0) is 31.3. The summed E-state index contributed by atoms with van der Waals surface area (Å²) in [5, 5.41) is 0.121. The van der Waals surface area contributed by atoms with Crippen molar-refractivity contribution in [3.05, 3.63) is 11.6 Å². The molecule has 0 spiro atoms. The second-order valence-corrected chi connectivity index (χ2v) is 22.9. The summed E-state index contributed by atoms with van der Waals surface area (Å²) < 4.78 is 12.6. The van der Waals surface area contributed by atoms with Crippen LogP contribution < -0.4 is 0 Å². The number of ether oxygens (including phenoxy) is 1. The molecule has 0 unspecified atom stereocenters. The van der Waals surface area contributed by atoms with Gasteiger partial charge < -0.3 is 14.0 Å². The fraction of sp³-hybridized carbons (Fsp3) is 0.892. The van der Waals surface area contributed by atoms with Crippen molar-refractivity contribution in [1.29, 1.82) is 0 Å². The number of esters is 1. The molecule has 5 aliphatic carbocycles. The number of hydrogen-bond donors (Lipinski definition) is 0. The standard InChI is InChI=1S/C37H62O4Si/c1-24-15-20-37(31(39)40-10)22-21-35(8)26(30(37)25(24)2)13-14-28-33(6)18-17-29(41-42(11,12)32(3,4)5)34(7,23-38)27(33)16-19-36(28,35)9/h13,23-25,27-30H,14-22H2,1-12H3/t24-,25+,27-,28-,29-,30+,33+,34+,35-,36-,37+/m1/s1. The van der Waals surface area contributed by atoms with Gasteiger partial charge in [0.15, 0.2) is 8.32 Å². The summed E-state index contributed by atoms with van der Waals surface area (Å²) in [7, 11) is -0.426. The molecule has 0 amide bonds. The Morgan fingerprint density at radius 2 is 1.62 bits per heavy atom. The molecule has 11 atom stereocenters. The van der Waals surface area contributed by atoms with E-state index in [-0.39, 0.29) is 44.7 Å². The van der Waals surface area contributed by atoms with Gasteiger partial charge in [-0.15, -0.1) is 0 Å². The molecule has 5 heteroatoms. The Bertz CT molecular complexity index is 1140. The van der Waals surface area contributed by atoms with Crippen LogP contribution in [0.4, 0.5) is 0 Å². The predicted octanol–water partition coefficient (Wildman–Crippen LogP) is 9.39. The lowest BCUT2D eigenvalue weighted by atomic mass is 9.33. The minimum absolute atomic E-state index is 0.00327. The van der Waals surface area contributed by atoms with Gasteiger partial charge in [0.1, 0.15) is 6.29 Å². The number of methoxy groups -OCH3 is 1. The minimum Gasteiger partial charge on any atom is -0.469 e. The van der Waals surface area contributed by atoms with Crippen molar-refractivity contribution in [3.8, 4) is 0 Å². The molecule has 5 aliphatic rings. The van der Waals surface area contributed by atoms with Gasteiger partial charge in [0.2, 0.25) is 0 Å². The second-order valence-electron chi connectivity index (χ2n) is 18.2. The van der Waals surface area contributed by atoms with Crippen LogP contribution >= 0.6 is 0 Å². The normalized spacial score (nSPS) is 49.0. The Morgan fingerprint density at radius 3 is 2.21 bits per heavy atom. The smallest absolute Gasteiger partial charge is 0.312 e. The predicted molar refractivity (Wildman–Crippen MR) is 173 cm³/mol. The van der Waals surface area contributed by atoms with Gasteiger partial charge in [-0.25, -0.2) is 0 Å². The monoisotopic (exact) mass is 598 g/mol. The number of hydrogen-bond acceptors (Lipinski definition) is 4. The van der Waals surface area contributed by atoms with Crippen molar-refractivity contribution in [2.24, 2.45) is 56.7 Å². The molecule has 0 aromatic heterocycles. The maximum Gasteiger partial charge on any atom is 0.312 e. The Labute approximate surface area is 258 Å². The van der Waals surface area contributed by atoms with E-state index in [0.717, 1.165) is 57.8 Å². The lowest BCUT2D eigenvalue weighted by Crippen LogP contribution is -2.66. The van der Waals surface area contributed by atoms with Crippen molar-refractivity contribution in [1.82, 2.24) is 0 Å². The van der Waals surface area contributed by atoms with Crippen LogP contribution in [0.1, 0.15) is 120 Å². The van der Waals surface area contributed by atoms with Crippen molar-refractivity contribution >= 4 is 20.6 Å². The van der Waals surface area contributed by atoms with Crippen LogP contribution in [-0.4, -0.2) is 33.8 Å². The first-order chi connectivity index (χ1) is 19.3. The number of carbonyl (C=O) groups is 2. The van der Waals surface area contributed by atoms with E-state index in [1.165, 1.54) is 6.29 Å². The van der Waals surface area contributed by atoms with Crippen LogP contribution in [0.3, 0.4) is 0 Å². The van der Waals surface area contributed by atoms with Crippen LogP contribution in [0.2, 0.25) is 18.1 Å². The molecule has 4 fully saturated rings. The highest BCUT2D eigenvalue weighted by Crippen LogP contribution is 2.76. The molecule has 0 aliphatic heterocycles. The first-order valence-corrected chi connectivity index (χ1v) is 20.1. The summed E-state index contributed by atoms with van der Waals surface area (Å²) in [4.78, 5) is 26.7. The third kappa shape index (κ3) is 4.13. The molecule has 4 saturated carbocycles. The van der Waals surface area contributed by atoms with Crippen LogP contribution in [0.25, 0.3) is 0 Å². The number of allylic oxidation sites excluding steroid dienone is 2. The molecule has 0 heterocycles. The van der Waals surface area contributed by atoms with E-state index < -0.39 is 13.7 Å². The van der Waals surface area contributed by atoms with E-state index in [1.54, 1.807) is 12.7 Å². The third-order valence-electron chi connectivity index (χ3n) is 15.7. The quantitative estimate of drug-likeness (QED) is 0.140. The number of carbonyl (C=O) groups excluding carboxylic acids is 2. The minimum atomic E-state index is -2.02. The van der Waals surface area contributed by atoms with Gasteiger partial charge in [-0.05, 0) is 122 Å². The van der Waals surface area contributed by atoms with Gasteiger partial charge in [-0.2, -0.15) is 0 Å². The summed E-state index contributed by atoms with van der Waals surface area (Å²) in [6, 6.07) is 0. The molecule has 0 bridgehead atoms. The summed E-state index contributed by atoms with van der Waals surface area (Å²) in [5.41, 5.74) is 1.03. The summed E-state index contributed by atoms with van der Waals surface area (Å²) >= 11 is 0. The lowest BCUT2D eigenvalue weighted by molar-refractivity contribution is -0.204. The van der Waals surface area contributed by atoms with Crippen molar-refractivity contribution in [2.45, 2.75) is 144 Å². The van der Waals surface area contributed by atoms with Gasteiger partial charge in [0.05, 0.1) is 24.0 Å². The Kier molecular flexibility index (Phi) is 7.75. The molecule has 0 radical (unpaired) electrons. The summed E-state index contributed by atoms with van der Waals surface area (Å²) in [6.07, 6.45) is 13.4. The zero-order valence-electron chi connectivity index (χ0n) is 29.1. The topological polar surface area (TPSA) is 52.6 Å². The fourth-order valence-corrected chi connectivity index (χ4v) is 13.1. The van der Waals surface area contributed by atoms with Crippen molar-refractivity contribution < 1.29 is 18.8 Å². The second kappa shape index (κ2) is 10.0. The van der Waals surface area contributed by atoms with Gasteiger partial charge in [0.25, 0.3) is 0 Å². The maximum absolute atomic E-state index is 13.6. The highest BCUT2D eigenvalue weighted by Gasteiger charge is 2.70. The average molecular weight is 599 g/mol. The molecule has 5 rings (SSSR count). The van der Waals surface area contributed by atoms with Gasteiger partial charge in [-0.3, -0.25) is 4.79 Å². The first kappa shape index (κ1) is 32.5. The first-order valence-electron chi connectivity index (χ1n) is 17.2. The average Bonchev–Trinajstić information content (AvgIpc) is 2.91. The largest absolute Gasteiger partial charge is 0.469 e. The van der Waals surface area contributed by atoms with Crippen LogP contribution in [0, 0.1) is 56.7 Å². The van der Waals surface area contributed by atoms with Crippen molar-refractivity contribution in [2.75, 3.05) is 7.11 Å². The van der Waals surface area contributed by atoms with E-state index >= 15 is 0 Å². The van der Waals surface area contributed by atoms with Gasteiger partial charge in [-0.1, -0.05) is 74.0 Å². The molecule has 0 N–H and O–H groups in total. The molecule has 4 nitrogen and oxygen atoms in total. The highest BCUT2D eigenvalue weighted by molar-refractivity contribution is 6.74. The zero-order valence-corrected chi connectivity index (χ0v) is 30.1. The summed E-state index contributed by atoms with van der Waals surface area (Å²) in [5.74, 6) is 2.22. The Morgan fingerprint density at radius 1 is 0.952 bits per heavy atom. The summed E-state index contributed by atoms with van der Waals surface area (Å²) in [6.45, 7) is 26.3.